The van der Waals surface area contributed by atoms with E-state index in [2.05, 4.69) is 5.32 Å². The maximum absolute atomic E-state index is 11.4. The number of nitrogens with one attached hydrogen (secondary N) is 1. The number of carbonyl (C=O) groups excluding carboxylic acids is 2. The molecule has 2 amide bonds. The van der Waals surface area contributed by atoms with E-state index in [4.69, 9.17) is 17.3 Å². The molecule has 0 aliphatic carbocycles. The Labute approximate surface area is 98.8 Å². The van der Waals surface area contributed by atoms with Gasteiger partial charge in [-0.3, -0.25) is 9.59 Å². The third-order valence-electron chi connectivity index (χ3n) is 2.03. The fraction of sp³-hybridized carbons (Fsp3) is 0.273. The van der Waals surface area contributed by atoms with Crippen LogP contribution in [0.1, 0.15) is 24.2 Å². The van der Waals surface area contributed by atoms with Crippen molar-refractivity contribution in [2.24, 2.45) is 11.7 Å². The van der Waals surface area contributed by atoms with Crippen LogP contribution in [0.5, 0.6) is 0 Å². The molecule has 0 atom stereocenters. The maximum Gasteiger partial charge on any atom is 0.250 e. The molecule has 0 saturated carbocycles. The molecule has 0 aliphatic rings. The van der Waals surface area contributed by atoms with Crippen LogP contribution in [0.2, 0.25) is 5.02 Å². The first kappa shape index (κ1) is 12.5. The highest BCUT2D eigenvalue weighted by Gasteiger charge is 2.10. The molecule has 1 rings (SSSR count). The molecular formula is C11H13ClN2O2. The highest BCUT2D eigenvalue weighted by Crippen LogP contribution is 2.20. The van der Waals surface area contributed by atoms with Crippen molar-refractivity contribution >= 4 is 29.1 Å². The summed E-state index contributed by atoms with van der Waals surface area (Å²) in [5.74, 6) is -0.816. The van der Waals surface area contributed by atoms with Crippen molar-refractivity contribution in [2.75, 3.05) is 5.32 Å². The second-order valence-electron chi connectivity index (χ2n) is 3.70. The molecule has 1 aromatic rings. The van der Waals surface area contributed by atoms with Gasteiger partial charge in [-0.05, 0) is 18.2 Å². The van der Waals surface area contributed by atoms with E-state index in [1.54, 1.807) is 19.9 Å². The second-order valence-corrected chi connectivity index (χ2v) is 4.11. The van der Waals surface area contributed by atoms with Crippen LogP contribution in [-0.2, 0) is 4.79 Å². The van der Waals surface area contributed by atoms with E-state index in [-0.39, 0.29) is 22.4 Å². The monoisotopic (exact) mass is 240 g/mol. The Bertz CT molecular complexity index is 430. The van der Waals surface area contributed by atoms with E-state index in [0.29, 0.717) is 5.69 Å². The van der Waals surface area contributed by atoms with E-state index in [0.717, 1.165) is 0 Å². The molecule has 0 spiro atoms. The van der Waals surface area contributed by atoms with Gasteiger partial charge in [0.15, 0.2) is 0 Å². The molecule has 4 nitrogen and oxygen atoms in total. The lowest BCUT2D eigenvalue weighted by Gasteiger charge is -2.08. The first-order valence-corrected chi connectivity index (χ1v) is 5.20. The molecule has 0 saturated heterocycles. The van der Waals surface area contributed by atoms with Crippen LogP contribution < -0.4 is 11.1 Å². The molecule has 0 heterocycles. The van der Waals surface area contributed by atoms with Gasteiger partial charge < -0.3 is 11.1 Å². The predicted octanol–water partition coefficient (Wildman–Crippen LogP) is 2.03. The number of halogens is 1. The van der Waals surface area contributed by atoms with Gasteiger partial charge in [0.2, 0.25) is 11.8 Å². The van der Waals surface area contributed by atoms with Crippen molar-refractivity contribution < 1.29 is 9.59 Å². The Morgan fingerprint density at radius 1 is 1.38 bits per heavy atom. The SMILES string of the molecule is CC(C)C(=O)Nc1ccc(C(N)=O)c(Cl)c1. The largest absolute Gasteiger partial charge is 0.366 e. The Kier molecular flexibility index (Phi) is 3.90. The summed E-state index contributed by atoms with van der Waals surface area (Å²) < 4.78 is 0. The molecule has 0 aliphatic heterocycles. The summed E-state index contributed by atoms with van der Waals surface area (Å²) >= 11 is 5.84. The summed E-state index contributed by atoms with van der Waals surface area (Å²) in [4.78, 5) is 22.3. The van der Waals surface area contributed by atoms with Gasteiger partial charge in [0.05, 0.1) is 10.6 Å². The van der Waals surface area contributed by atoms with E-state index in [1.807, 2.05) is 0 Å². The molecule has 3 N–H and O–H groups in total. The Hall–Kier alpha value is -1.55. The fourth-order valence-corrected chi connectivity index (χ4v) is 1.35. The van der Waals surface area contributed by atoms with Gasteiger partial charge in [-0.1, -0.05) is 25.4 Å². The van der Waals surface area contributed by atoms with Crippen LogP contribution in [-0.4, -0.2) is 11.8 Å². The summed E-state index contributed by atoms with van der Waals surface area (Å²) in [7, 11) is 0. The zero-order valence-corrected chi connectivity index (χ0v) is 9.84. The molecule has 0 fully saturated rings. The third kappa shape index (κ3) is 2.97. The Balaban J connectivity index is 2.90. The molecule has 0 aromatic heterocycles. The molecule has 0 radical (unpaired) electrons. The van der Waals surface area contributed by atoms with Crippen molar-refractivity contribution in [2.45, 2.75) is 13.8 Å². The summed E-state index contributed by atoms with van der Waals surface area (Å²) in [5, 5.41) is 2.90. The highest BCUT2D eigenvalue weighted by atomic mass is 35.5. The van der Waals surface area contributed by atoms with E-state index in [9.17, 15) is 9.59 Å². The van der Waals surface area contributed by atoms with Gasteiger partial charge in [0.25, 0.3) is 0 Å². The number of benzene rings is 1. The minimum absolute atomic E-state index is 0.108. The van der Waals surface area contributed by atoms with Crippen LogP contribution in [0.4, 0.5) is 5.69 Å². The minimum Gasteiger partial charge on any atom is -0.366 e. The number of hydrogen-bond acceptors (Lipinski definition) is 2. The normalized spacial score (nSPS) is 10.2. The topological polar surface area (TPSA) is 72.2 Å². The van der Waals surface area contributed by atoms with Crippen LogP contribution >= 0.6 is 11.6 Å². The fourth-order valence-electron chi connectivity index (χ4n) is 1.08. The van der Waals surface area contributed by atoms with E-state index in [1.165, 1.54) is 12.1 Å². The predicted molar refractivity (Wildman–Crippen MR) is 63.4 cm³/mol. The Morgan fingerprint density at radius 3 is 2.44 bits per heavy atom. The van der Waals surface area contributed by atoms with Gasteiger partial charge in [0.1, 0.15) is 0 Å². The first-order chi connectivity index (χ1) is 7.41. The highest BCUT2D eigenvalue weighted by molar-refractivity contribution is 6.34. The van der Waals surface area contributed by atoms with Gasteiger partial charge >= 0.3 is 0 Å². The zero-order chi connectivity index (χ0) is 12.3. The number of hydrogen-bond donors (Lipinski definition) is 2. The van der Waals surface area contributed by atoms with Crippen LogP contribution in [0, 0.1) is 5.92 Å². The number of nitrogens with two attached hydrogens (primary N) is 1. The van der Waals surface area contributed by atoms with Crippen molar-refractivity contribution in [3.05, 3.63) is 28.8 Å². The van der Waals surface area contributed by atoms with E-state index < -0.39 is 5.91 Å². The molecule has 86 valence electrons. The molecule has 0 unspecified atom stereocenters. The van der Waals surface area contributed by atoms with Crippen molar-refractivity contribution in [3.63, 3.8) is 0 Å². The van der Waals surface area contributed by atoms with Crippen LogP contribution in [0.3, 0.4) is 0 Å². The number of rotatable bonds is 3. The van der Waals surface area contributed by atoms with Crippen molar-refractivity contribution in [3.8, 4) is 0 Å². The number of anilines is 1. The first-order valence-electron chi connectivity index (χ1n) is 4.82. The summed E-state index contributed by atoms with van der Waals surface area (Å²) in [6.07, 6.45) is 0. The maximum atomic E-state index is 11.4. The molecule has 16 heavy (non-hydrogen) atoms. The molecular weight excluding hydrogens is 228 g/mol. The standard InChI is InChI=1S/C11H13ClN2O2/c1-6(2)11(16)14-7-3-4-8(10(13)15)9(12)5-7/h3-6H,1-2H3,(H2,13,15)(H,14,16). The average Bonchev–Trinajstić information content (AvgIpc) is 2.16. The minimum atomic E-state index is -0.591. The number of primary amides is 1. The van der Waals surface area contributed by atoms with Crippen molar-refractivity contribution in [1.29, 1.82) is 0 Å². The quantitative estimate of drug-likeness (QED) is 0.849. The summed E-state index contributed by atoms with van der Waals surface area (Å²) in [6.45, 7) is 3.57. The summed E-state index contributed by atoms with van der Waals surface area (Å²) in [5.41, 5.74) is 5.89. The molecule has 0 bridgehead atoms. The van der Waals surface area contributed by atoms with Gasteiger partial charge in [-0.15, -0.1) is 0 Å². The van der Waals surface area contributed by atoms with E-state index >= 15 is 0 Å². The van der Waals surface area contributed by atoms with Gasteiger partial charge in [0, 0.05) is 11.6 Å². The lowest BCUT2D eigenvalue weighted by atomic mass is 10.1. The number of carbonyl (C=O) groups is 2. The van der Waals surface area contributed by atoms with Crippen LogP contribution in [0.15, 0.2) is 18.2 Å². The lowest BCUT2D eigenvalue weighted by molar-refractivity contribution is -0.118. The average molecular weight is 241 g/mol. The lowest BCUT2D eigenvalue weighted by Crippen LogP contribution is -2.18. The van der Waals surface area contributed by atoms with Crippen LogP contribution in [0.25, 0.3) is 0 Å². The molecule has 5 heteroatoms. The zero-order valence-electron chi connectivity index (χ0n) is 9.08. The van der Waals surface area contributed by atoms with Crippen molar-refractivity contribution in [1.82, 2.24) is 0 Å². The smallest absolute Gasteiger partial charge is 0.250 e. The van der Waals surface area contributed by atoms with Gasteiger partial charge in [-0.2, -0.15) is 0 Å². The molecule has 1 aromatic carbocycles. The van der Waals surface area contributed by atoms with Gasteiger partial charge in [-0.25, -0.2) is 0 Å². The summed E-state index contributed by atoms with van der Waals surface area (Å²) in [6, 6.07) is 4.58. The number of amides is 2. The third-order valence-corrected chi connectivity index (χ3v) is 2.34. The second kappa shape index (κ2) is 4.99. The Morgan fingerprint density at radius 2 is 2.00 bits per heavy atom.